The number of likely N-dealkylation sites (tertiary alicyclic amines) is 1. The number of aliphatic hydroxyl groups is 1. The Morgan fingerprint density at radius 2 is 2.04 bits per heavy atom. The summed E-state index contributed by atoms with van der Waals surface area (Å²) in [5.41, 5.74) is 0.723. The van der Waals surface area contributed by atoms with Crippen LogP contribution in [0.4, 0.5) is 0 Å². The van der Waals surface area contributed by atoms with Gasteiger partial charge in [-0.3, -0.25) is 4.90 Å². The SMILES string of the molecule is COc1ccc2c3c1OC1C4(C=CC5(O)C(C2)N(C)CCC315)OCCO4. The van der Waals surface area contributed by atoms with Crippen molar-refractivity contribution in [1.82, 2.24) is 4.90 Å². The second-order valence-electron chi connectivity index (χ2n) is 8.13. The third-order valence-electron chi connectivity index (χ3n) is 7.26. The van der Waals surface area contributed by atoms with Crippen molar-refractivity contribution in [3.63, 3.8) is 0 Å². The molecule has 0 amide bonds. The number of ether oxygens (including phenoxy) is 4. The first-order valence-electron chi connectivity index (χ1n) is 9.34. The second-order valence-corrected chi connectivity index (χ2v) is 8.13. The second kappa shape index (κ2) is 4.62. The Morgan fingerprint density at radius 3 is 2.81 bits per heavy atom. The van der Waals surface area contributed by atoms with Crippen molar-refractivity contribution in [2.75, 3.05) is 33.9 Å². The number of fused-ring (bicyclic) bond motifs is 1. The summed E-state index contributed by atoms with van der Waals surface area (Å²) in [6, 6.07) is 4.10. The van der Waals surface area contributed by atoms with E-state index in [-0.39, 0.29) is 6.04 Å². The molecule has 0 radical (unpaired) electrons. The molecule has 1 aromatic carbocycles. The molecule has 1 aromatic rings. The first kappa shape index (κ1) is 15.5. The van der Waals surface area contributed by atoms with Crippen molar-refractivity contribution in [3.05, 3.63) is 35.4 Å². The van der Waals surface area contributed by atoms with Crippen molar-refractivity contribution in [3.8, 4) is 11.5 Å². The molecule has 0 aromatic heterocycles. The van der Waals surface area contributed by atoms with Crippen LogP contribution in [0.3, 0.4) is 0 Å². The molecule has 0 saturated carbocycles. The molecular weight excluding hydrogens is 334 g/mol. The minimum Gasteiger partial charge on any atom is -0.493 e. The molecule has 6 rings (SSSR count). The highest BCUT2D eigenvalue weighted by atomic mass is 16.8. The van der Waals surface area contributed by atoms with Crippen LogP contribution in [0.2, 0.25) is 0 Å². The Balaban J connectivity index is 1.69. The Morgan fingerprint density at radius 1 is 1.23 bits per heavy atom. The minimum atomic E-state index is -1.02. The largest absolute Gasteiger partial charge is 0.493 e. The average Bonchev–Trinajstić information content (AvgIpc) is 3.24. The van der Waals surface area contributed by atoms with Crippen LogP contribution < -0.4 is 9.47 Å². The summed E-state index contributed by atoms with van der Waals surface area (Å²) in [6.45, 7) is 1.96. The zero-order valence-corrected chi connectivity index (χ0v) is 15.0. The number of benzene rings is 1. The lowest BCUT2D eigenvalue weighted by atomic mass is 9.50. The van der Waals surface area contributed by atoms with Crippen molar-refractivity contribution >= 4 is 0 Å². The molecule has 5 aliphatic rings. The molecule has 3 aliphatic heterocycles. The molecule has 2 fully saturated rings. The zero-order chi connectivity index (χ0) is 17.7. The van der Waals surface area contributed by atoms with Crippen molar-refractivity contribution in [2.45, 2.75) is 41.8 Å². The van der Waals surface area contributed by atoms with Gasteiger partial charge in [0.05, 0.1) is 25.7 Å². The smallest absolute Gasteiger partial charge is 0.227 e. The third kappa shape index (κ3) is 1.44. The van der Waals surface area contributed by atoms with Gasteiger partial charge in [0.25, 0.3) is 0 Å². The summed E-state index contributed by atoms with van der Waals surface area (Å²) in [6.07, 6.45) is 4.96. The van der Waals surface area contributed by atoms with Gasteiger partial charge in [0.15, 0.2) is 17.6 Å². The van der Waals surface area contributed by atoms with E-state index in [1.54, 1.807) is 7.11 Å². The van der Waals surface area contributed by atoms with E-state index in [1.165, 1.54) is 5.56 Å². The van der Waals surface area contributed by atoms with Gasteiger partial charge in [-0.05, 0) is 50.2 Å². The van der Waals surface area contributed by atoms with Crippen molar-refractivity contribution < 1.29 is 24.1 Å². The molecule has 2 bridgehead atoms. The lowest BCUT2D eigenvalue weighted by Gasteiger charge is -2.62. The summed E-state index contributed by atoms with van der Waals surface area (Å²) >= 11 is 0. The van der Waals surface area contributed by atoms with E-state index in [2.05, 4.69) is 18.0 Å². The third-order valence-corrected chi connectivity index (χ3v) is 7.26. The standard InChI is InChI=1S/C20H23NO5/c1-21-8-7-18-15-12-3-4-13(23-2)16(15)26-17(18)20(24-9-10-25-20)6-5-19(18,22)14(21)11-12/h3-6,14,17,22H,7-11H2,1-2H3. The van der Waals surface area contributed by atoms with E-state index >= 15 is 0 Å². The molecule has 138 valence electrons. The summed E-state index contributed by atoms with van der Waals surface area (Å²) in [7, 11) is 3.75. The quantitative estimate of drug-likeness (QED) is 0.757. The van der Waals surface area contributed by atoms with Crippen LogP contribution in [0.5, 0.6) is 11.5 Å². The predicted molar refractivity (Wildman–Crippen MR) is 92.6 cm³/mol. The van der Waals surface area contributed by atoms with Gasteiger partial charge in [0.2, 0.25) is 5.79 Å². The van der Waals surface area contributed by atoms with E-state index in [0.29, 0.717) is 19.0 Å². The van der Waals surface area contributed by atoms with E-state index in [1.807, 2.05) is 18.2 Å². The van der Waals surface area contributed by atoms with Gasteiger partial charge < -0.3 is 24.1 Å². The number of piperidine rings is 1. The van der Waals surface area contributed by atoms with Gasteiger partial charge in [-0.25, -0.2) is 0 Å². The fourth-order valence-corrected chi connectivity index (χ4v) is 6.13. The van der Waals surface area contributed by atoms with Crippen LogP contribution >= 0.6 is 0 Å². The summed E-state index contributed by atoms with van der Waals surface area (Å²) in [5, 5.41) is 12.0. The van der Waals surface area contributed by atoms with Crippen LogP contribution in [0.1, 0.15) is 17.5 Å². The normalized spacial score (nSPS) is 41.2. The van der Waals surface area contributed by atoms with E-state index in [4.69, 9.17) is 18.9 Å². The predicted octanol–water partition coefficient (Wildman–Crippen LogP) is 0.998. The maximum Gasteiger partial charge on any atom is 0.227 e. The highest BCUT2D eigenvalue weighted by molar-refractivity contribution is 5.64. The van der Waals surface area contributed by atoms with Gasteiger partial charge in [-0.1, -0.05) is 6.07 Å². The molecule has 4 atom stereocenters. The topological polar surface area (TPSA) is 60.4 Å². The molecule has 6 nitrogen and oxygen atoms in total. The molecule has 6 heteroatoms. The van der Waals surface area contributed by atoms with Crippen LogP contribution in [0.25, 0.3) is 0 Å². The number of hydrogen-bond donors (Lipinski definition) is 1. The summed E-state index contributed by atoms with van der Waals surface area (Å²) in [5.74, 6) is 0.518. The fourth-order valence-electron chi connectivity index (χ4n) is 6.13. The van der Waals surface area contributed by atoms with Crippen LogP contribution in [0, 0.1) is 0 Å². The Labute approximate surface area is 152 Å². The maximum absolute atomic E-state index is 12.0. The average molecular weight is 357 g/mol. The maximum atomic E-state index is 12.0. The molecule has 4 unspecified atom stereocenters. The van der Waals surface area contributed by atoms with Gasteiger partial charge in [-0.2, -0.15) is 0 Å². The first-order valence-corrected chi connectivity index (χ1v) is 9.34. The fraction of sp³-hybridized carbons (Fsp3) is 0.600. The van der Waals surface area contributed by atoms with Gasteiger partial charge >= 0.3 is 0 Å². The summed E-state index contributed by atoms with van der Waals surface area (Å²) in [4.78, 5) is 2.27. The number of likely N-dealkylation sites (N-methyl/N-ethyl adjacent to an activating group) is 1. The van der Waals surface area contributed by atoms with Crippen LogP contribution in [-0.4, -0.2) is 67.5 Å². The van der Waals surface area contributed by atoms with E-state index in [9.17, 15) is 5.11 Å². The monoisotopic (exact) mass is 357 g/mol. The van der Waals surface area contributed by atoms with E-state index < -0.39 is 22.9 Å². The highest BCUT2D eigenvalue weighted by Gasteiger charge is 2.75. The molecule has 26 heavy (non-hydrogen) atoms. The number of hydrogen-bond acceptors (Lipinski definition) is 6. The van der Waals surface area contributed by atoms with Crippen molar-refractivity contribution in [1.29, 1.82) is 0 Å². The van der Waals surface area contributed by atoms with Crippen LogP contribution in [-0.2, 0) is 21.3 Å². The molecule has 2 spiro atoms. The molecule has 1 N–H and O–H groups in total. The van der Waals surface area contributed by atoms with E-state index in [0.717, 1.165) is 30.7 Å². The molecular formula is C20H23NO5. The van der Waals surface area contributed by atoms with Crippen LogP contribution in [0.15, 0.2) is 24.3 Å². The molecule has 3 heterocycles. The minimum absolute atomic E-state index is 0.00389. The number of nitrogens with zero attached hydrogens (tertiary/aromatic N) is 1. The Kier molecular flexibility index (Phi) is 2.75. The summed E-state index contributed by atoms with van der Waals surface area (Å²) < 4.78 is 24.3. The molecule has 2 aliphatic carbocycles. The number of methoxy groups -OCH3 is 1. The lowest BCUT2D eigenvalue weighted by Crippen LogP contribution is -2.77. The van der Waals surface area contributed by atoms with Gasteiger partial charge in [-0.15, -0.1) is 0 Å². The van der Waals surface area contributed by atoms with Gasteiger partial charge in [0.1, 0.15) is 5.60 Å². The number of rotatable bonds is 1. The highest BCUT2D eigenvalue weighted by Crippen LogP contribution is 2.66. The Hall–Kier alpha value is -1.60. The molecule has 2 saturated heterocycles. The first-order chi connectivity index (χ1) is 12.6. The zero-order valence-electron chi connectivity index (χ0n) is 15.0. The lowest BCUT2D eigenvalue weighted by molar-refractivity contribution is -0.237. The Bertz CT molecular complexity index is 832. The van der Waals surface area contributed by atoms with Crippen molar-refractivity contribution in [2.24, 2.45) is 0 Å². The van der Waals surface area contributed by atoms with Gasteiger partial charge in [0, 0.05) is 11.6 Å².